The Morgan fingerprint density at radius 3 is 2.34 bits per heavy atom. The fourth-order valence-corrected chi connectivity index (χ4v) is 5.33. The van der Waals surface area contributed by atoms with Gasteiger partial charge in [0.15, 0.2) is 0 Å². The third-order valence-corrected chi connectivity index (χ3v) is 7.92. The number of halogens is 1. The molecule has 0 unspecified atom stereocenters. The zero-order valence-corrected chi connectivity index (χ0v) is 19.6. The van der Waals surface area contributed by atoms with Gasteiger partial charge in [-0.25, -0.2) is 8.42 Å². The largest absolute Gasteiger partial charge is 0.354 e. The number of sulfonamides is 1. The van der Waals surface area contributed by atoms with Gasteiger partial charge in [0.25, 0.3) is 5.56 Å². The van der Waals surface area contributed by atoms with Gasteiger partial charge in [-0.2, -0.15) is 8.99 Å². The SMILES string of the molecule is Cc1ccc(-n2nc(N3CCCN(S(=O)(=O)c4ccc(Cl)cc4)CC3)ccc2=O)cc1C. The maximum absolute atomic E-state index is 13.0. The molecule has 1 aliphatic heterocycles. The quantitative estimate of drug-likeness (QED) is 0.581. The summed E-state index contributed by atoms with van der Waals surface area (Å²) in [4.78, 5) is 14.7. The first-order valence-electron chi connectivity index (χ1n) is 10.4. The zero-order chi connectivity index (χ0) is 22.9. The third-order valence-electron chi connectivity index (χ3n) is 5.75. The first-order chi connectivity index (χ1) is 15.3. The topological polar surface area (TPSA) is 75.5 Å². The van der Waals surface area contributed by atoms with Crippen molar-refractivity contribution in [3.8, 4) is 5.69 Å². The lowest BCUT2D eigenvalue weighted by molar-refractivity contribution is 0.433. The summed E-state index contributed by atoms with van der Waals surface area (Å²) in [6.07, 6.45) is 0.650. The van der Waals surface area contributed by atoms with Crippen molar-refractivity contribution in [3.05, 3.63) is 81.1 Å². The van der Waals surface area contributed by atoms with Crippen LogP contribution in [0.1, 0.15) is 17.5 Å². The van der Waals surface area contributed by atoms with E-state index in [9.17, 15) is 13.2 Å². The van der Waals surface area contributed by atoms with Crippen LogP contribution in [0.15, 0.2) is 64.3 Å². The van der Waals surface area contributed by atoms with Crippen LogP contribution in [0.4, 0.5) is 5.82 Å². The van der Waals surface area contributed by atoms with Gasteiger partial charge in [0, 0.05) is 37.3 Å². The first kappa shape index (κ1) is 22.5. The Bertz CT molecular complexity index is 1290. The molecule has 4 rings (SSSR count). The van der Waals surface area contributed by atoms with Gasteiger partial charge in [-0.1, -0.05) is 17.7 Å². The Hall–Kier alpha value is -2.68. The number of benzene rings is 2. The summed E-state index contributed by atoms with van der Waals surface area (Å²) in [6.45, 7) is 5.88. The summed E-state index contributed by atoms with van der Waals surface area (Å²) in [7, 11) is -3.60. The summed E-state index contributed by atoms with van der Waals surface area (Å²) in [5.74, 6) is 0.647. The van der Waals surface area contributed by atoms with Crippen LogP contribution in [0.3, 0.4) is 0 Å². The number of anilines is 1. The van der Waals surface area contributed by atoms with E-state index in [-0.39, 0.29) is 10.5 Å². The highest BCUT2D eigenvalue weighted by Gasteiger charge is 2.27. The van der Waals surface area contributed by atoms with E-state index in [4.69, 9.17) is 11.6 Å². The predicted molar refractivity (Wildman–Crippen MR) is 126 cm³/mol. The van der Waals surface area contributed by atoms with Crippen LogP contribution in [-0.2, 0) is 10.0 Å². The second-order valence-electron chi connectivity index (χ2n) is 7.91. The van der Waals surface area contributed by atoms with E-state index in [0.717, 1.165) is 11.1 Å². The molecule has 0 spiro atoms. The van der Waals surface area contributed by atoms with E-state index < -0.39 is 10.0 Å². The van der Waals surface area contributed by atoms with Gasteiger partial charge in [-0.3, -0.25) is 4.79 Å². The van der Waals surface area contributed by atoms with Crippen molar-refractivity contribution < 1.29 is 8.42 Å². The molecule has 168 valence electrons. The van der Waals surface area contributed by atoms with E-state index >= 15 is 0 Å². The van der Waals surface area contributed by atoms with Crippen LogP contribution in [0.2, 0.25) is 5.02 Å². The monoisotopic (exact) mass is 472 g/mol. The highest BCUT2D eigenvalue weighted by atomic mass is 35.5. The summed E-state index contributed by atoms with van der Waals surface area (Å²) in [5, 5.41) is 5.08. The molecule has 32 heavy (non-hydrogen) atoms. The highest BCUT2D eigenvalue weighted by molar-refractivity contribution is 7.89. The number of aromatic nitrogens is 2. The number of hydrogen-bond acceptors (Lipinski definition) is 5. The van der Waals surface area contributed by atoms with Gasteiger partial charge in [0.1, 0.15) is 5.82 Å². The Kier molecular flexibility index (Phi) is 6.37. The molecular formula is C23H25ClN4O3S. The number of nitrogens with zero attached hydrogens (tertiary/aromatic N) is 4. The minimum absolute atomic E-state index is 0.209. The van der Waals surface area contributed by atoms with Crippen LogP contribution < -0.4 is 10.5 Å². The Morgan fingerprint density at radius 2 is 1.62 bits per heavy atom. The Labute approximate surface area is 192 Å². The minimum Gasteiger partial charge on any atom is -0.354 e. The van der Waals surface area contributed by atoms with Crippen LogP contribution in [0.5, 0.6) is 0 Å². The molecule has 0 saturated carbocycles. The number of rotatable bonds is 4. The van der Waals surface area contributed by atoms with Crippen molar-refractivity contribution in [1.29, 1.82) is 0 Å². The van der Waals surface area contributed by atoms with E-state index in [1.165, 1.54) is 27.2 Å². The summed E-state index contributed by atoms with van der Waals surface area (Å²) >= 11 is 5.90. The molecule has 1 saturated heterocycles. The van der Waals surface area contributed by atoms with Gasteiger partial charge in [-0.05, 0) is 73.9 Å². The smallest absolute Gasteiger partial charge is 0.271 e. The van der Waals surface area contributed by atoms with Gasteiger partial charge in [0.2, 0.25) is 10.0 Å². The lowest BCUT2D eigenvalue weighted by atomic mass is 10.1. The third kappa shape index (κ3) is 4.57. The molecular weight excluding hydrogens is 448 g/mol. The van der Waals surface area contributed by atoms with E-state index in [0.29, 0.717) is 49.1 Å². The molecule has 2 heterocycles. The number of aryl methyl sites for hydroxylation is 2. The number of hydrogen-bond donors (Lipinski definition) is 0. The summed E-state index contributed by atoms with van der Waals surface area (Å²) in [5.41, 5.74) is 2.73. The van der Waals surface area contributed by atoms with Gasteiger partial charge in [-0.15, -0.1) is 5.10 Å². The molecule has 9 heteroatoms. The van der Waals surface area contributed by atoms with Crippen LogP contribution >= 0.6 is 11.6 Å². The fourth-order valence-electron chi connectivity index (χ4n) is 3.73. The molecule has 2 aromatic carbocycles. The molecule has 0 N–H and O–H groups in total. The van der Waals surface area contributed by atoms with E-state index in [2.05, 4.69) is 5.10 Å². The maximum atomic E-state index is 13.0. The van der Waals surface area contributed by atoms with Gasteiger partial charge in [0.05, 0.1) is 10.6 Å². The minimum atomic E-state index is -3.60. The standard InChI is InChI=1S/C23H25ClN4O3S/c1-17-4-7-20(16-18(17)2)28-23(29)11-10-22(25-28)26-12-3-13-27(15-14-26)32(30,31)21-8-5-19(24)6-9-21/h4-11,16H,3,12-15H2,1-2H3. The molecule has 1 aliphatic rings. The fraction of sp³-hybridized carbons (Fsp3) is 0.304. The molecule has 0 atom stereocenters. The molecule has 0 bridgehead atoms. The summed E-state index contributed by atoms with van der Waals surface area (Å²) < 4.78 is 29.0. The summed E-state index contributed by atoms with van der Waals surface area (Å²) in [6, 6.07) is 15.2. The Balaban J connectivity index is 1.56. The predicted octanol–water partition coefficient (Wildman–Crippen LogP) is 3.40. The zero-order valence-electron chi connectivity index (χ0n) is 18.0. The molecule has 1 aromatic heterocycles. The maximum Gasteiger partial charge on any atom is 0.271 e. The van der Waals surface area contributed by atoms with Gasteiger partial charge >= 0.3 is 0 Å². The van der Waals surface area contributed by atoms with Crippen molar-refractivity contribution in [3.63, 3.8) is 0 Å². The average Bonchev–Trinajstić information content (AvgIpc) is 3.03. The molecule has 3 aromatic rings. The van der Waals surface area contributed by atoms with Crippen molar-refractivity contribution >= 4 is 27.4 Å². The molecule has 7 nitrogen and oxygen atoms in total. The molecule has 0 aliphatic carbocycles. The van der Waals surface area contributed by atoms with Crippen LogP contribution in [0.25, 0.3) is 5.69 Å². The van der Waals surface area contributed by atoms with E-state index in [1.54, 1.807) is 18.2 Å². The Morgan fingerprint density at radius 1 is 0.875 bits per heavy atom. The lowest BCUT2D eigenvalue weighted by Gasteiger charge is -2.23. The van der Waals surface area contributed by atoms with Crippen LogP contribution in [0, 0.1) is 13.8 Å². The van der Waals surface area contributed by atoms with Crippen molar-refractivity contribution in [2.24, 2.45) is 0 Å². The molecule has 0 radical (unpaired) electrons. The van der Waals surface area contributed by atoms with Crippen LogP contribution in [-0.4, -0.2) is 48.7 Å². The second-order valence-corrected chi connectivity index (χ2v) is 10.3. The lowest BCUT2D eigenvalue weighted by Crippen LogP contribution is -2.36. The highest BCUT2D eigenvalue weighted by Crippen LogP contribution is 2.21. The second kappa shape index (κ2) is 9.05. The normalized spacial score (nSPS) is 15.5. The van der Waals surface area contributed by atoms with Crippen molar-refractivity contribution in [2.75, 3.05) is 31.1 Å². The van der Waals surface area contributed by atoms with Crippen molar-refractivity contribution in [2.45, 2.75) is 25.2 Å². The molecule has 0 amide bonds. The first-order valence-corrected chi connectivity index (χ1v) is 12.3. The van der Waals surface area contributed by atoms with E-state index in [1.807, 2.05) is 36.9 Å². The van der Waals surface area contributed by atoms with Crippen molar-refractivity contribution in [1.82, 2.24) is 14.1 Å². The average molecular weight is 473 g/mol. The molecule has 1 fully saturated rings. The van der Waals surface area contributed by atoms with Gasteiger partial charge < -0.3 is 4.90 Å².